The Bertz CT molecular complexity index is 1150. The first-order valence-electron chi connectivity index (χ1n) is 12.3. The van der Waals surface area contributed by atoms with E-state index < -0.39 is 0 Å². The number of hydrogen-bond donors (Lipinski definition) is 1. The van der Waals surface area contributed by atoms with Gasteiger partial charge in [-0.2, -0.15) is 4.98 Å². The molecule has 1 saturated heterocycles. The predicted octanol–water partition coefficient (Wildman–Crippen LogP) is 4.24. The van der Waals surface area contributed by atoms with Crippen LogP contribution in [0.2, 0.25) is 0 Å². The van der Waals surface area contributed by atoms with Crippen molar-refractivity contribution in [3.8, 4) is 28.6 Å². The molecule has 2 unspecified atom stereocenters. The highest BCUT2D eigenvalue weighted by Crippen LogP contribution is 2.31. The quantitative estimate of drug-likeness (QED) is 0.447. The maximum Gasteiger partial charge on any atom is 0.241 e. The van der Waals surface area contributed by atoms with Gasteiger partial charge in [-0.05, 0) is 61.7 Å². The Morgan fingerprint density at radius 3 is 2.58 bits per heavy atom. The van der Waals surface area contributed by atoms with E-state index in [0.717, 1.165) is 42.7 Å². The van der Waals surface area contributed by atoms with E-state index in [4.69, 9.17) is 18.7 Å². The van der Waals surface area contributed by atoms with Crippen molar-refractivity contribution >= 4 is 5.91 Å². The summed E-state index contributed by atoms with van der Waals surface area (Å²) >= 11 is 0. The minimum atomic E-state index is -0.0840. The van der Waals surface area contributed by atoms with Gasteiger partial charge in [0.05, 0.1) is 39.8 Å². The molecule has 1 aromatic heterocycles. The molecule has 4 rings (SSSR count). The molecule has 192 valence electrons. The molecule has 1 fully saturated rings. The lowest BCUT2D eigenvalue weighted by atomic mass is 9.95. The molecule has 0 saturated carbocycles. The monoisotopic (exact) mass is 494 g/mol. The number of piperidine rings is 1. The Morgan fingerprint density at radius 1 is 1.11 bits per heavy atom. The molecular weight excluding hydrogens is 460 g/mol. The van der Waals surface area contributed by atoms with Crippen LogP contribution in [0.15, 0.2) is 47.0 Å². The normalized spacial score (nSPS) is 16.8. The molecule has 2 atom stereocenters. The van der Waals surface area contributed by atoms with Crippen molar-refractivity contribution in [1.82, 2.24) is 20.4 Å². The summed E-state index contributed by atoms with van der Waals surface area (Å²) in [6.07, 6.45) is 2.62. The van der Waals surface area contributed by atoms with Gasteiger partial charge in [-0.3, -0.25) is 9.69 Å². The molecule has 1 aliphatic heterocycles. The highest BCUT2D eigenvalue weighted by atomic mass is 16.5. The van der Waals surface area contributed by atoms with Crippen LogP contribution in [-0.2, 0) is 11.3 Å². The molecule has 0 spiro atoms. The number of nitrogens with one attached hydrogen (secondary N) is 1. The Hall–Kier alpha value is -3.59. The second kappa shape index (κ2) is 11.9. The molecular formula is C27H34N4O5. The summed E-state index contributed by atoms with van der Waals surface area (Å²) in [5.41, 5.74) is 1.86. The van der Waals surface area contributed by atoms with Crippen LogP contribution in [0.5, 0.6) is 17.2 Å². The van der Waals surface area contributed by atoms with Crippen LogP contribution < -0.4 is 19.5 Å². The van der Waals surface area contributed by atoms with Gasteiger partial charge in [0, 0.05) is 12.1 Å². The first-order valence-corrected chi connectivity index (χ1v) is 12.3. The molecule has 1 N–H and O–H groups in total. The fourth-order valence-corrected chi connectivity index (χ4v) is 4.56. The van der Waals surface area contributed by atoms with E-state index in [0.29, 0.717) is 36.3 Å². The van der Waals surface area contributed by atoms with E-state index in [-0.39, 0.29) is 17.9 Å². The van der Waals surface area contributed by atoms with Gasteiger partial charge in [0.1, 0.15) is 5.75 Å². The van der Waals surface area contributed by atoms with Gasteiger partial charge in [-0.15, -0.1) is 0 Å². The fourth-order valence-electron chi connectivity index (χ4n) is 4.56. The van der Waals surface area contributed by atoms with Gasteiger partial charge in [0.25, 0.3) is 0 Å². The third kappa shape index (κ3) is 5.96. The van der Waals surface area contributed by atoms with Crippen molar-refractivity contribution in [3.63, 3.8) is 0 Å². The average molecular weight is 495 g/mol. The topological polar surface area (TPSA) is 99.0 Å². The third-order valence-corrected chi connectivity index (χ3v) is 6.59. The molecule has 9 heteroatoms. The molecule has 9 nitrogen and oxygen atoms in total. The zero-order valence-electron chi connectivity index (χ0n) is 21.3. The number of amides is 1. The number of likely N-dealkylation sites (tertiary alicyclic amines) is 1. The molecule has 0 bridgehead atoms. The van der Waals surface area contributed by atoms with Crippen LogP contribution >= 0.6 is 0 Å². The van der Waals surface area contributed by atoms with E-state index >= 15 is 0 Å². The molecule has 2 heterocycles. The SMILES string of the molecule is CCC(NC(=O)C1CCCN(Cc2nc(-c3ccc(OC)c(OC)c3)no2)C1)c1ccc(OC)cc1. The van der Waals surface area contributed by atoms with E-state index in [1.807, 2.05) is 42.5 Å². The van der Waals surface area contributed by atoms with Crippen LogP contribution in [0, 0.1) is 5.92 Å². The van der Waals surface area contributed by atoms with Crippen molar-refractivity contribution in [3.05, 3.63) is 53.9 Å². The van der Waals surface area contributed by atoms with E-state index in [1.165, 1.54) is 0 Å². The summed E-state index contributed by atoms with van der Waals surface area (Å²) in [7, 11) is 4.83. The van der Waals surface area contributed by atoms with E-state index in [2.05, 4.69) is 27.3 Å². The standard InChI is InChI=1S/C27H34N4O5/c1-5-22(18-8-11-21(33-2)12-9-18)28-27(32)20-7-6-14-31(16-20)17-25-29-26(30-36-25)19-10-13-23(34-3)24(15-19)35-4/h8-13,15,20,22H,5-7,14,16-17H2,1-4H3,(H,28,32). The molecule has 1 amide bonds. The summed E-state index contributed by atoms with van der Waals surface area (Å²) < 4.78 is 21.4. The molecule has 0 radical (unpaired) electrons. The van der Waals surface area contributed by atoms with Crippen molar-refractivity contribution in [2.75, 3.05) is 34.4 Å². The fraction of sp³-hybridized carbons (Fsp3) is 0.444. The maximum absolute atomic E-state index is 13.1. The van der Waals surface area contributed by atoms with Gasteiger partial charge in [0.2, 0.25) is 17.6 Å². The smallest absolute Gasteiger partial charge is 0.241 e. The number of nitrogens with zero attached hydrogens (tertiary/aromatic N) is 3. The maximum atomic E-state index is 13.1. The van der Waals surface area contributed by atoms with Gasteiger partial charge < -0.3 is 24.1 Å². The molecule has 1 aliphatic rings. The van der Waals surface area contributed by atoms with Crippen molar-refractivity contribution < 1.29 is 23.5 Å². The third-order valence-electron chi connectivity index (χ3n) is 6.59. The number of ether oxygens (including phenoxy) is 3. The van der Waals surface area contributed by atoms with Crippen molar-refractivity contribution in [1.29, 1.82) is 0 Å². The van der Waals surface area contributed by atoms with Gasteiger partial charge >= 0.3 is 0 Å². The number of aromatic nitrogens is 2. The first kappa shape index (κ1) is 25.5. The summed E-state index contributed by atoms with van der Waals surface area (Å²) in [6.45, 7) is 4.11. The summed E-state index contributed by atoms with van der Waals surface area (Å²) in [6, 6.07) is 13.3. The Labute approximate surface area is 211 Å². The number of rotatable bonds is 10. The van der Waals surface area contributed by atoms with Crippen LogP contribution in [-0.4, -0.2) is 55.4 Å². The summed E-state index contributed by atoms with van der Waals surface area (Å²) in [4.78, 5) is 19.9. The Balaban J connectivity index is 1.36. The molecule has 2 aromatic carbocycles. The number of carbonyl (C=O) groups excluding carboxylic acids is 1. The highest BCUT2D eigenvalue weighted by molar-refractivity contribution is 5.79. The Kier molecular flexibility index (Phi) is 8.43. The van der Waals surface area contributed by atoms with Gasteiger partial charge in [-0.1, -0.05) is 24.2 Å². The van der Waals surface area contributed by atoms with Gasteiger partial charge in [-0.25, -0.2) is 0 Å². The number of methoxy groups -OCH3 is 3. The summed E-state index contributed by atoms with van der Waals surface area (Å²) in [5, 5.41) is 7.38. The minimum absolute atomic E-state index is 0.0289. The first-order chi connectivity index (χ1) is 17.5. The zero-order valence-corrected chi connectivity index (χ0v) is 21.3. The summed E-state index contributed by atoms with van der Waals surface area (Å²) in [5.74, 6) is 3.05. The van der Waals surface area contributed by atoms with E-state index in [1.54, 1.807) is 21.3 Å². The van der Waals surface area contributed by atoms with Crippen LogP contribution in [0.3, 0.4) is 0 Å². The van der Waals surface area contributed by atoms with Crippen molar-refractivity contribution in [2.45, 2.75) is 38.8 Å². The second-order valence-electron chi connectivity index (χ2n) is 8.90. The average Bonchev–Trinajstić information content (AvgIpc) is 3.39. The highest BCUT2D eigenvalue weighted by Gasteiger charge is 2.28. The molecule has 3 aromatic rings. The predicted molar refractivity (Wildman–Crippen MR) is 135 cm³/mol. The largest absolute Gasteiger partial charge is 0.497 e. The van der Waals surface area contributed by atoms with Crippen LogP contribution in [0.4, 0.5) is 0 Å². The lowest BCUT2D eigenvalue weighted by Gasteiger charge is -2.32. The second-order valence-corrected chi connectivity index (χ2v) is 8.90. The van der Waals surface area contributed by atoms with Crippen LogP contribution in [0.25, 0.3) is 11.4 Å². The molecule has 0 aliphatic carbocycles. The Morgan fingerprint density at radius 2 is 1.89 bits per heavy atom. The number of carbonyl (C=O) groups is 1. The molecule has 36 heavy (non-hydrogen) atoms. The van der Waals surface area contributed by atoms with E-state index in [9.17, 15) is 4.79 Å². The number of benzene rings is 2. The minimum Gasteiger partial charge on any atom is -0.497 e. The lowest BCUT2D eigenvalue weighted by Crippen LogP contribution is -2.43. The van der Waals surface area contributed by atoms with Crippen LogP contribution in [0.1, 0.15) is 43.7 Å². The number of hydrogen-bond acceptors (Lipinski definition) is 8. The zero-order chi connectivity index (χ0) is 25.5. The van der Waals surface area contributed by atoms with Crippen molar-refractivity contribution in [2.24, 2.45) is 5.92 Å². The lowest BCUT2D eigenvalue weighted by molar-refractivity contribution is -0.127. The van der Waals surface area contributed by atoms with Gasteiger partial charge in [0.15, 0.2) is 11.5 Å².